The van der Waals surface area contributed by atoms with E-state index in [4.69, 9.17) is 0 Å². The molecule has 0 spiro atoms. The van der Waals surface area contributed by atoms with Crippen molar-refractivity contribution in [3.05, 3.63) is 0 Å². The topological polar surface area (TPSA) is 12.0 Å². The van der Waals surface area contributed by atoms with Gasteiger partial charge in [0, 0.05) is 13.1 Å². The van der Waals surface area contributed by atoms with E-state index < -0.39 is 0 Å². The average Bonchev–Trinajstić information content (AvgIpc) is 1.84. The lowest BCUT2D eigenvalue weighted by atomic mass is 9.74. The molecule has 1 aliphatic heterocycles. The van der Waals surface area contributed by atoms with Gasteiger partial charge in [-0.25, -0.2) is 0 Å². The molecule has 66 valence electrons. The second-order valence-electron chi connectivity index (χ2n) is 4.84. The summed E-state index contributed by atoms with van der Waals surface area (Å²) in [6.45, 7) is 11.9. The first-order chi connectivity index (χ1) is 5.03. The summed E-state index contributed by atoms with van der Waals surface area (Å²) in [4.78, 5) is 0. The summed E-state index contributed by atoms with van der Waals surface area (Å²) in [6, 6.07) is 0. The van der Waals surface area contributed by atoms with Crippen molar-refractivity contribution in [1.29, 1.82) is 0 Å². The number of rotatable bonds is 3. The van der Waals surface area contributed by atoms with Gasteiger partial charge in [0.1, 0.15) is 0 Å². The predicted octanol–water partition coefficient (Wildman–Crippen LogP) is 2.28. The van der Waals surface area contributed by atoms with Crippen LogP contribution in [-0.2, 0) is 0 Å². The van der Waals surface area contributed by atoms with Crippen molar-refractivity contribution in [3.63, 3.8) is 0 Å². The molecule has 0 aromatic carbocycles. The lowest BCUT2D eigenvalue weighted by molar-refractivity contribution is 0.136. The first kappa shape index (κ1) is 9.05. The highest BCUT2D eigenvalue weighted by Gasteiger charge is 2.33. The van der Waals surface area contributed by atoms with Crippen LogP contribution in [0.3, 0.4) is 0 Å². The highest BCUT2D eigenvalue weighted by Crippen LogP contribution is 2.32. The van der Waals surface area contributed by atoms with E-state index in [0.717, 1.165) is 11.8 Å². The van der Waals surface area contributed by atoms with Crippen LogP contribution in [0.25, 0.3) is 0 Å². The molecule has 0 aromatic heterocycles. The Morgan fingerprint density at radius 3 is 2.09 bits per heavy atom. The maximum absolute atomic E-state index is 3.35. The molecule has 1 fully saturated rings. The van der Waals surface area contributed by atoms with Crippen molar-refractivity contribution in [2.45, 2.75) is 34.1 Å². The van der Waals surface area contributed by atoms with Crippen LogP contribution >= 0.6 is 0 Å². The number of nitrogens with one attached hydrogen (secondary N) is 1. The highest BCUT2D eigenvalue weighted by atomic mass is 15.0. The van der Waals surface area contributed by atoms with E-state index in [1.54, 1.807) is 0 Å². The third-order valence-electron chi connectivity index (χ3n) is 3.06. The van der Waals surface area contributed by atoms with Gasteiger partial charge in [0.25, 0.3) is 0 Å². The van der Waals surface area contributed by atoms with Crippen molar-refractivity contribution in [3.8, 4) is 0 Å². The van der Waals surface area contributed by atoms with Gasteiger partial charge in [-0.3, -0.25) is 0 Å². The van der Waals surface area contributed by atoms with Crippen LogP contribution < -0.4 is 5.32 Å². The fourth-order valence-electron chi connectivity index (χ4n) is 1.71. The van der Waals surface area contributed by atoms with Gasteiger partial charge >= 0.3 is 0 Å². The second kappa shape index (κ2) is 3.14. The van der Waals surface area contributed by atoms with Crippen molar-refractivity contribution in [2.24, 2.45) is 17.3 Å². The molecular weight excluding hydrogens is 134 g/mol. The Morgan fingerprint density at radius 2 is 1.82 bits per heavy atom. The first-order valence-corrected chi connectivity index (χ1v) is 4.74. The molecule has 0 bridgehead atoms. The average molecular weight is 155 g/mol. The number of hydrogen-bond acceptors (Lipinski definition) is 1. The zero-order chi connectivity index (χ0) is 8.48. The van der Waals surface area contributed by atoms with E-state index in [9.17, 15) is 0 Å². The molecule has 1 rings (SSSR count). The smallest absolute Gasteiger partial charge is 0.00177 e. The summed E-state index contributed by atoms with van der Waals surface area (Å²) in [7, 11) is 0. The minimum absolute atomic E-state index is 0.615. The van der Waals surface area contributed by atoms with Crippen LogP contribution in [0.4, 0.5) is 0 Å². The Hall–Kier alpha value is -0.0400. The minimum Gasteiger partial charge on any atom is -0.316 e. The summed E-state index contributed by atoms with van der Waals surface area (Å²) in [5.41, 5.74) is 0.615. The molecule has 0 aliphatic carbocycles. The van der Waals surface area contributed by atoms with E-state index in [-0.39, 0.29) is 0 Å². The molecule has 1 heteroatoms. The normalized spacial score (nSPS) is 24.8. The van der Waals surface area contributed by atoms with Gasteiger partial charge in [-0.2, -0.15) is 0 Å². The largest absolute Gasteiger partial charge is 0.316 e. The summed E-state index contributed by atoms with van der Waals surface area (Å²) >= 11 is 0. The van der Waals surface area contributed by atoms with Gasteiger partial charge in [-0.15, -0.1) is 0 Å². The van der Waals surface area contributed by atoms with Crippen LogP contribution in [0.1, 0.15) is 34.1 Å². The SMILES string of the molecule is CC(C)C(C)CC1(C)CNC1. The number of hydrogen-bond donors (Lipinski definition) is 1. The fourth-order valence-corrected chi connectivity index (χ4v) is 1.71. The fraction of sp³-hybridized carbons (Fsp3) is 1.00. The third kappa shape index (κ3) is 2.19. The molecule has 11 heavy (non-hydrogen) atoms. The minimum atomic E-state index is 0.615. The van der Waals surface area contributed by atoms with E-state index in [0.29, 0.717) is 5.41 Å². The molecule has 0 radical (unpaired) electrons. The molecule has 1 nitrogen and oxygen atoms in total. The Bertz CT molecular complexity index is 125. The van der Waals surface area contributed by atoms with Crippen LogP contribution in [0, 0.1) is 17.3 Å². The van der Waals surface area contributed by atoms with Gasteiger partial charge in [-0.1, -0.05) is 27.7 Å². The molecule has 1 unspecified atom stereocenters. The summed E-state index contributed by atoms with van der Waals surface area (Å²) in [5.74, 6) is 1.72. The molecule has 0 saturated carbocycles. The first-order valence-electron chi connectivity index (χ1n) is 4.74. The van der Waals surface area contributed by atoms with Gasteiger partial charge in [-0.05, 0) is 23.7 Å². The molecule has 1 N–H and O–H groups in total. The highest BCUT2D eigenvalue weighted by molar-refractivity contribution is 4.89. The zero-order valence-corrected chi connectivity index (χ0v) is 8.28. The second-order valence-corrected chi connectivity index (χ2v) is 4.84. The van der Waals surface area contributed by atoms with Crippen LogP contribution in [-0.4, -0.2) is 13.1 Å². The molecule has 1 saturated heterocycles. The van der Waals surface area contributed by atoms with Crippen LogP contribution in [0.5, 0.6) is 0 Å². The molecule has 0 aromatic rings. The summed E-state index contributed by atoms with van der Waals surface area (Å²) < 4.78 is 0. The Labute approximate surface area is 70.6 Å². The Kier molecular flexibility index (Phi) is 2.58. The van der Waals surface area contributed by atoms with Gasteiger partial charge in [0.05, 0.1) is 0 Å². The van der Waals surface area contributed by atoms with Gasteiger partial charge < -0.3 is 5.32 Å². The maximum atomic E-state index is 3.35. The molecule has 1 atom stereocenters. The summed E-state index contributed by atoms with van der Waals surface area (Å²) in [6.07, 6.45) is 1.39. The maximum Gasteiger partial charge on any atom is 0.00177 e. The molecule has 1 heterocycles. The van der Waals surface area contributed by atoms with Crippen molar-refractivity contribution in [2.75, 3.05) is 13.1 Å². The molecule has 1 aliphatic rings. The molecular formula is C10H21N. The van der Waals surface area contributed by atoms with Crippen molar-refractivity contribution in [1.82, 2.24) is 5.32 Å². The monoisotopic (exact) mass is 155 g/mol. The van der Waals surface area contributed by atoms with E-state index in [1.165, 1.54) is 19.5 Å². The Morgan fingerprint density at radius 1 is 1.27 bits per heavy atom. The standard InChI is InChI=1S/C10H21N/c1-8(2)9(3)5-10(4)6-11-7-10/h8-9,11H,5-7H2,1-4H3. The van der Waals surface area contributed by atoms with Gasteiger partial charge in [0.2, 0.25) is 0 Å². The lowest BCUT2D eigenvalue weighted by Crippen LogP contribution is -2.52. The predicted molar refractivity (Wildman–Crippen MR) is 49.6 cm³/mol. The van der Waals surface area contributed by atoms with Crippen LogP contribution in [0.2, 0.25) is 0 Å². The van der Waals surface area contributed by atoms with Crippen molar-refractivity contribution < 1.29 is 0 Å². The Balaban J connectivity index is 2.29. The van der Waals surface area contributed by atoms with E-state index in [1.807, 2.05) is 0 Å². The van der Waals surface area contributed by atoms with Gasteiger partial charge in [0.15, 0.2) is 0 Å². The lowest BCUT2D eigenvalue weighted by Gasteiger charge is -2.42. The molecule has 0 amide bonds. The van der Waals surface area contributed by atoms with Crippen molar-refractivity contribution >= 4 is 0 Å². The van der Waals surface area contributed by atoms with E-state index in [2.05, 4.69) is 33.0 Å². The van der Waals surface area contributed by atoms with Crippen LogP contribution in [0.15, 0.2) is 0 Å². The zero-order valence-electron chi connectivity index (χ0n) is 8.28. The van der Waals surface area contributed by atoms with E-state index >= 15 is 0 Å². The third-order valence-corrected chi connectivity index (χ3v) is 3.06. The quantitative estimate of drug-likeness (QED) is 0.659. The summed E-state index contributed by atoms with van der Waals surface area (Å²) in [5, 5.41) is 3.35.